The third-order valence-electron chi connectivity index (χ3n) is 4.13. The van der Waals surface area contributed by atoms with Crippen LogP contribution in [0.3, 0.4) is 0 Å². The van der Waals surface area contributed by atoms with Gasteiger partial charge in [-0.15, -0.1) is 0 Å². The minimum Gasteiger partial charge on any atom is -0.378 e. The molecular formula is C17H35NO. The summed E-state index contributed by atoms with van der Waals surface area (Å²) in [6, 6.07) is 0. The first-order valence-electron chi connectivity index (χ1n) is 8.56. The Morgan fingerprint density at radius 3 is 2.68 bits per heavy atom. The molecule has 0 aromatic rings. The molecule has 1 heterocycles. The van der Waals surface area contributed by atoms with Crippen LogP contribution in [-0.2, 0) is 4.74 Å². The van der Waals surface area contributed by atoms with E-state index in [1.807, 2.05) is 0 Å². The van der Waals surface area contributed by atoms with Gasteiger partial charge in [-0.1, -0.05) is 52.9 Å². The molecule has 114 valence electrons. The average Bonchev–Trinajstić information content (AvgIpc) is 2.40. The van der Waals surface area contributed by atoms with Crippen molar-refractivity contribution in [1.82, 2.24) is 5.32 Å². The maximum Gasteiger partial charge on any atom is 0.0615 e. The van der Waals surface area contributed by atoms with E-state index in [0.717, 1.165) is 31.5 Å². The Labute approximate surface area is 120 Å². The summed E-state index contributed by atoms with van der Waals surface area (Å²) >= 11 is 0. The molecule has 1 aliphatic rings. The fraction of sp³-hybridized carbons (Fsp3) is 1.00. The topological polar surface area (TPSA) is 21.3 Å². The standard InChI is InChI=1S/C17H35NO/c1-4-5-6-7-8-11-17-16(10-9-12-19-17)14-18-13-15(2)3/h15-18H,4-14H2,1-3H3. The molecule has 2 atom stereocenters. The Bertz CT molecular complexity index is 205. The predicted octanol–water partition coefficient (Wildman–Crippen LogP) is 4.39. The van der Waals surface area contributed by atoms with Crippen LogP contribution < -0.4 is 5.32 Å². The van der Waals surface area contributed by atoms with E-state index in [2.05, 4.69) is 26.1 Å². The maximum absolute atomic E-state index is 6.01. The van der Waals surface area contributed by atoms with E-state index in [1.165, 1.54) is 51.4 Å². The molecule has 1 fully saturated rings. The first-order valence-corrected chi connectivity index (χ1v) is 8.56. The van der Waals surface area contributed by atoms with Crippen LogP contribution in [-0.4, -0.2) is 25.8 Å². The van der Waals surface area contributed by atoms with E-state index < -0.39 is 0 Å². The zero-order chi connectivity index (χ0) is 13.9. The lowest BCUT2D eigenvalue weighted by atomic mass is 9.90. The van der Waals surface area contributed by atoms with Gasteiger partial charge in [0.15, 0.2) is 0 Å². The van der Waals surface area contributed by atoms with Crippen LogP contribution in [0.5, 0.6) is 0 Å². The maximum atomic E-state index is 6.01. The highest BCUT2D eigenvalue weighted by Gasteiger charge is 2.25. The third kappa shape index (κ3) is 7.94. The van der Waals surface area contributed by atoms with E-state index >= 15 is 0 Å². The average molecular weight is 269 g/mol. The second-order valence-electron chi connectivity index (χ2n) is 6.57. The van der Waals surface area contributed by atoms with Crippen LogP contribution >= 0.6 is 0 Å². The Morgan fingerprint density at radius 1 is 1.16 bits per heavy atom. The van der Waals surface area contributed by atoms with E-state index in [-0.39, 0.29) is 0 Å². The van der Waals surface area contributed by atoms with Crippen LogP contribution in [0.1, 0.15) is 72.1 Å². The largest absolute Gasteiger partial charge is 0.378 e. The van der Waals surface area contributed by atoms with Gasteiger partial charge in [0, 0.05) is 13.2 Å². The molecule has 0 spiro atoms. The Kier molecular flexibility index (Phi) is 9.54. The summed E-state index contributed by atoms with van der Waals surface area (Å²) < 4.78 is 6.01. The summed E-state index contributed by atoms with van der Waals surface area (Å²) in [5.41, 5.74) is 0. The molecule has 2 unspecified atom stereocenters. The van der Waals surface area contributed by atoms with Crippen molar-refractivity contribution < 1.29 is 4.74 Å². The molecule has 0 bridgehead atoms. The highest BCUT2D eigenvalue weighted by molar-refractivity contribution is 4.77. The first kappa shape index (κ1) is 17.0. The Morgan fingerprint density at radius 2 is 1.95 bits per heavy atom. The molecule has 0 aromatic heterocycles. The lowest BCUT2D eigenvalue weighted by Crippen LogP contribution is -2.37. The normalized spacial score (nSPS) is 24.0. The van der Waals surface area contributed by atoms with Crippen LogP contribution in [0.2, 0.25) is 0 Å². The number of hydrogen-bond donors (Lipinski definition) is 1. The van der Waals surface area contributed by atoms with Crippen LogP contribution in [0.15, 0.2) is 0 Å². The van der Waals surface area contributed by atoms with Crippen LogP contribution in [0.4, 0.5) is 0 Å². The number of nitrogens with one attached hydrogen (secondary N) is 1. The van der Waals surface area contributed by atoms with E-state index in [0.29, 0.717) is 6.10 Å². The Balaban J connectivity index is 2.16. The zero-order valence-electron chi connectivity index (χ0n) is 13.4. The molecule has 0 radical (unpaired) electrons. The minimum absolute atomic E-state index is 0.523. The smallest absolute Gasteiger partial charge is 0.0615 e. The molecule has 2 heteroatoms. The van der Waals surface area contributed by atoms with Gasteiger partial charge in [-0.2, -0.15) is 0 Å². The van der Waals surface area contributed by atoms with Gasteiger partial charge < -0.3 is 10.1 Å². The molecule has 1 rings (SSSR count). The highest BCUT2D eigenvalue weighted by atomic mass is 16.5. The molecule has 0 aromatic carbocycles. The summed E-state index contributed by atoms with van der Waals surface area (Å²) in [6.45, 7) is 10.1. The lowest BCUT2D eigenvalue weighted by Gasteiger charge is -2.32. The highest BCUT2D eigenvalue weighted by Crippen LogP contribution is 2.24. The second kappa shape index (κ2) is 10.7. The molecule has 1 N–H and O–H groups in total. The number of unbranched alkanes of at least 4 members (excludes halogenated alkanes) is 4. The van der Waals surface area contributed by atoms with E-state index in [9.17, 15) is 0 Å². The SMILES string of the molecule is CCCCCCCC1OCCCC1CNCC(C)C. The zero-order valence-corrected chi connectivity index (χ0v) is 13.4. The summed E-state index contributed by atoms with van der Waals surface area (Å²) in [4.78, 5) is 0. The van der Waals surface area contributed by atoms with Crippen molar-refractivity contribution in [3.8, 4) is 0 Å². The summed E-state index contributed by atoms with van der Waals surface area (Å²) in [7, 11) is 0. The quantitative estimate of drug-likeness (QED) is 0.594. The van der Waals surface area contributed by atoms with Crippen molar-refractivity contribution in [2.75, 3.05) is 19.7 Å². The van der Waals surface area contributed by atoms with Gasteiger partial charge in [-0.3, -0.25) is 0 Å². The number of ether oxygens (including phenoxy) is 1. The molecule has 0 amide bonds. The van der Waals surface area contributed by atoms with Crippen molar-refractivity contribution in [3.63, 3.8) is 0 Å². The van der Waals surface area contributed by atoms with Crippen molar-refractivity contribution in [3.05, 3.63) is 0 Å². The summed E-state index contributed by atoms with van der Waals surface area (Å²) in [6.07, 6.45) is 11.3. The van der Waals surface area contributed by atoms with Gasteiger partial charge in [-0.25, -0.2) is 0 Å². The number of hydrogen-bond acceptors (Lipinski definition) is 2. The van der Waals surface area contributed by atoms with Crippen molar-refractivity contribution in [1.29, 1.82) is 0 Å². The van der Waals surface area contributed by atoms with Gasteiger partial charge in [0.25, 0.3) is 0 Å². The van der Waals surface area contributed by atoms with Gasteiger partial charge in [0.1, 0.15) is 0 Å². The van der Waals surface area contributed by atoms with Crippen molar-refractivity contribution in [2.24, 2.45) is 11.8 Å². The molecule has 0 saturated carbocycles. The van der Waals surface area contributed by atoms with Crippen molar-refractivity contribution in [2.45, 2.75) is 78.2 Å². The summed E-state index contributed by atoms with van der Waals surface area (Å²) in [5.74, 6) is 1.50. The lowest BCUT2D eigenvalue weighted by molar-refractivity contribution is -0.0314. The fourth-order valence-electron chi connectivity index (χ4n) is 2.96. The van der Waals surface area contributed by atoms with Gasteiger partial charge in [-0.05, 0) is 37.6 Å². The summed E-state index contributed by atoms with van der Waals surface area (Å²) in [5, 5.41) is 3.62. The molecular weight excluding hydrogens is 234 g/mol. The van der Waals surface area contributed by atoms with Gasteiger partial charge in [0.2, 0.25) is 0 Å². The molecule has 19 heavy (non-hydrogen) atoms. The van der Waals surface area contributed by atoms with Gasteiger partial charge >= 0.3 is 0 Å². The van der Waals surface area contributed by atoms with Crippen molar-refractivity contribution >= 4 is 0 Å². The third-order valence-corrected chi connectivity index (χ3v) is 4.13. The minimum atomic E-state index is 0.523. The van der Waals surface area contributed by atoms with Crippen LogP contribution in [0.25, 0.3) is 0 Å². The molecule has 1 saturated heterocycles. The van der Waals surface area contributed by atoms with E-state index in [4.69, 9.17) is 4.74 Å². The molecule has 2 nitrogen and oxygen atoms in total. The second-order valence-corrected chi connectivity index (χ2v) is 6.57. The van der Waals surface area contributed by atoms with E-state index in [1.54, 1.807) is 0 Å². The number of rotatable bonds is 10. The molecule has 0 aliphatic carbocycles. The monoisotopic (exact) mass is 269 g/mol. The first-order chi connectivity index (χ1) is 9.24. The predicted molar refractivity (Wildman–Crippen MR) is 83.5 cm³/mol. The van der Waals surface area contributed by atoms with Gasteiger partial charge in [0.05, 0.1) is 6.10 Å². The Hall–Kier alpha value is -0.0800. The molecule has 1 aliphatic heterocycles. The van der Waals surface area contributed by atoms with Crippen LogP contribution in [0, 0.1) is 11.8 Å². The fourth-order valence-corrected chi connectivity index (χ4v) is 2.96.